The average Bonchev–Trinajstić information content (AvgIpc) is 3.47. The summed E-state index contributed by atoms with van der Waals surface area (Å²) in [5.41, 5.74) is 1.39. The highest BCUT2D eigenvalue weighted by Gasteiger charge is 2.35. The zero-order valence-electron chi connectivity index (χ0n) is 16.5. The van der Waals surface area contributed by atoms with Gasteiger partial charge in [-0.2, -0.15) is 0 Å². The van der Waals surface area contributed by atoms with Crippen LogP contribution in [0.25, 0.3) is 0 Å². The molecule has 0 spiro atoms. The van der Waals surface area contributed by atoms with E-state index in [9.17, 15) is 19.2 Å². The van der Waals surface area contributed by atoms with Gasteiger partial charge in [0.1, 0.15) is 4.88 Å². The van der Waals surface area contributed by atoms with E-state index < -0.39 is 17.8 Å². The lowest BCUT2D eigenvalue weighted by Crippen LogP contribution is -2.32. The SMILES string of the molecule is COC(=O)c1sc(NC(=O)CCN2C(=O)c3ccccc3C2=O)nc1C1CCCC1. The van der Waals surface area contributed by atoms with Crippen molar-refractivity contribution in [1.29, 1.82) is 0 Å². The molecular weight excluding hydrogens is 406 g/mol. The fourth-order valence-electron chi connectivity index (χ4n) is 3.94. The van der Waals surface area contributed by atoms with Crippen molar-refractivity contribution in [1.82, 2.24) is 9.88 Å². The summed E-state index contributed by atoms with van der Waals surface area (Å²) in [6, 6.07) is 6.60. The zero-order valence-corrected chi connectivity index (χ0v) is 17.3. The third kappa shape index (κ3) is 3.72. The van der Waals surface area contributed by atoms with E-state index in [1.54, 1.807) is 24.3 Å². The Morgan fingerprint density at radius 3 is 2.40 bits per heavy atom. The van der Waals surface area contributed by atoms with Gasteiger partial charge >= 0.3 is 5.97 Å². The van der Waals surface area contributed by atoms with Crippen LogP contribution in [0, 0.1) is 0 Å². The molecule has 1 aromatic carbocycles. The lowest BCUT2D eigenvalue weighted by Gasteiger charge is -2.13. The van der Waals surface area contributed by atoms with Gasteiger partial charge in [-0.1, -0.05) is 36.3 Å². The number of carbonyl (C=O) groups is 4. The Morgan fingerprint density at radius 2 is 1.80 bits per heavy atom. The van der Waals surface area contributed by atoms with Crippen LogP contribution in [-0.2, 0) is 9.53 Å². The number of ether oxygens (including phenoxy) is 1. The molecule has 0 unspecified atom stereocenters. The highest BCUT2D eigenvalue weighted by Crippen LogP contribution is 2.38. The lowest BCUT2D eigenvalue weighted by molar-refractivity contribution is -0.116. The number of nitrogens with zero attached hydrogens (tertiary/aromatic N) is 2. The molecule has 0 atom stereocenters. The van der Waals surface area contributed by atoms with E-state index in [0.29, 0.717) is 26.8 Å². The van der Waals surface area contributed by atoms with Crippen LogP contribution in [0.15, 0.2) is 24.3 Å². The van der Waals surface area contributed by atoms with E-state index >= 15 is 0 Å². The third-order valence-corrected chi connectivity index (χ3v) is 6.42. The fraction of sp³-hybridized carbons (Fsp3) is 0.381. The van der Waals surface area contributed by atoms with E-state index in [1.165, 1.54) is 7.11 Å². The van der Waals surface area contributed by atoms with Crippen molar-refractivity contribution in [2.75, 3.05) is 19.0 Å². The number of thiazole rings is 1. The van der Waals surface area contributed by atoms with Crippen molar-refractivity contribution in [3.63, 3.8) is 0 Å². The zero-order chi connectivity index (χ0) is 21.3. The molecule has 1 fully saturated rings. The molecule has 156 valence electrons. The van der Waals surface area contributed by atoms with Gasteiger partial charge in [-0.05, 0) is 25.0 Å². The van der Waals surface area contributed by atoms with Crippen LogP contribution in [0.4, 0.5) is 5.13 Å². The minimum Gasteiger partial charge on any atom is -0.465 e. The lowest BCUT2D eigenvalue weighted by atomic mass is 10.0. The van der Waals surface area contributed by atoms with Gasteiger partial charge in [-0.3, -0.25) is 19.3 Å². The summed E-state index contributed by atoms with van der Waals surface area (Å²) in [4.78, 5) is 55.3. The van der Waals surface area contributed by atoms with Crippen molar-refractivity contribution in [2.45, 2.75) is 38.0 Å². The quantitative estimate of drug-likeness (QED) is 0.561. The van der Waals surface area contributed by atoms with E-state index in [0.717, 1.165) is 41.9 Å². The van der Waals surface area contributed by atoms with Crippen LogP contribution < -0.4 is 5.32 Å². The predicted octanol–water partition coefficient (Wildman–Crippen LogP) is 3.21. The van der Waals surface area contributed by atoms with Crippen LogP contribution >= 0.6 is 11.3 Å². The molecule has 3 amide bonds. The molecular formula is C21H21N3O5S. The van der Waals surface area contributed by atoms with E-state index in [2.05, 4.69) is 10.3 Å². The maximum atomic E-state index is 12.4. The van der Waals surface area contributed by atoms with Gasteiger partial charge < -0.3 is 10.1 Å². The van der Waals surface area contributed by atoms with E-state index in [-0.39, 0.29) is 24.8 Å². The molecule has 2 heterocycles. The number of hydrogen-bond acceptors (Lipinski definition) is 7. The number of aromatic nitrogens is 1. The molecule has 1 saturated carbocycles. The van der Waals surface area contributed by atoms with Crippen LogP contribution in [0.3, 0.4) is 0 Å². The Labute approximate surface area is 177 Å². The first-order valence-electron chi connectivity index (χ1n) is 9.83. The molecule has 0 saturated heterocycles. The fourth-order valence-corrected chi connectivity index (χ4v) is 4.92. The number of carbonyl (C=O) groups excluding carboxylic acids is 4. The minimum atomic E-state index is -0.457. The van der Waals surface area contributed by atoms with Crippen molar-refractivity contribution in [3.05, 3.63) is 46.0 Å². The number of rotatable bonds is 6. The number of methoxy groups -OCH3 is 1. The Hall–Kier alpha value is -3.07. The first-order chi connectivity index (χ1) is 14.5. The first kappa shape index (κ1) is 20.2. The van der Waals surface area contributed by atoms with Crippen molar-refractivity contribution < 1.29 is 23.9 Å². The largest absolute Gasteiger partial charge is 0.465 e. The molecule has 1 N–H and O–H groups in total. The van der Waals surface area contributed by atoms with Crippen LogP contribution in [-0.4, -0.2) is 47.2 Å². The predicted molar refractivity (Wildman–Crippen MR) is 110 cm³/mol. The van der Waals surface area contributed by atoms with Gasteiger partial charge in [0, 0.05) is 18.9 Å². The van der Waals surface area contributed by atoms with Gasteiger partial charge in [0.15, 0.2) is 5.13 Å². The first-order valence-corrected chi connectivity index (χ1v) is 10.7. The third-order valence-electron chi connectivity index (χ3n) is 5.45. The normalized spacial score (nSPS) is 16.1. The molecule has 1 aromatic heterocycles. The maximum absolute atomic E-state index is 12.4. The summed E-state index contributed by atoms with van der Waals surface area (Å²) in [6.07, 6.45) is 4.04. The molecule has 2 aromatic rings. The smallest absolute Gasteiger partial charge is 0.350 e. The molecule has 0 radical (unpaired) electrons. The Kier molecular flexibility index (Phi) is 5.63. The number of esters is 1. The number of fused-ring (bicyclic) bond motifs is 1. The molecule has 0 bridgehead atoms. The van der Waals surface area contributed by atoms with E-state index in [1.807, 2.05) is 0 Å². The van der Waals surface area contributed by atoms with Crippen molar-refractivity contribution in [2.24, 2.45) is 0 Å². The second-order valence-corrected chi connectivity index (χ2v) is 8.31. The van der Waals surface area contributed by atoms with Crippen molar-refractivity contribution in [3.8, 4) is 0 Å². The van der Waals surface area contributed by atoms with Crippen LogP contribution in [0.1, 0.15) is 74.1 Å². The average molecular weight is 427 g/mol. The number of amides is 3. The topological polar surface area (TPSA) is 106 Å². The summed E-state index contributed by atoms with van der Waals surface area (Å²) in [6.45, 7) is -0.0249. The van der Waals surface area contributed by atoms with Gasteiger partial charge in [0.05, 0.1) is 23.9 Å². The molecule has 1 aliphatic carbocycles. The van der Waals surface area contributed by atoms with Crippen LogP contribution in [0.5, 0.6) is 0 Å². The van der Waals surface area contributed by atoms with Gasteiger partial charge in [0.2, 0.25) is 5.91 Å². The van der Waals surface area contributed by atoms with Gasteiger partial charge in [0.25, 0.3) is 11.8 Å². The summed E-state index contributed by atoms with van der Waals surface area (Å²) in [5, 5.41) is 3.02. The summed E-state index contributed by atoms with van der Waals surface area (Å²) >= 11 is 1.09. The Balaban J connectivity index is 1.42. The highest BCUT2D eigenvalue weighted by molar-refractivity contribution is 7.17. The highest BCUT2D eigenvalue weighted by atomic mass is 32.1. The van der Waals surface area contributed by atoms with Gasteiger partial charge in [-0.15, -0.1) is 0 Å². The summed E-state index contributed by atoms with van der Waals surface area (Å²) < 4.78 is 4.86. The monoisotopic (exact) mass is 427 g/mol. The molecule has 4 rings (SSSR count). The second-order valence-electron chi connectivity index (χ2n) is 7.31. The molecule has 8 nitrogen and oxygen atoms in total. The van der Waals surface area contributed by atoms with E-state index in [4.69, 9.17) is 4.74 Å². The van der Waals surface area contributed by atoms with Gasteiger partial charge in [-0.25, -0.2) is 9.78 Å². The maximum Gasteiger partial charge on any atom is 0.350 e. The number of nitrogens with one attached hydrogen (secondary N) is 1. The number of anilines is 1. The van der Waals surface area contributed by atoms with Crippen LogP contribution in [0.2, 0.25) is 0 Å². The van der Waals surface area contributed by atoms with Crippen molar-refractivity contribution >= 4 is 40.2 Å². The molecule has 9 heteroatoms. The molecule has 30 heavy (non-hydrogen) atoms. The summed E-state index contributed by atoms with van der Waals surface area (Å²) in [5.74, 6) is -1.43. The number of benzene rings is 1. The minimum absolute atomic E-state index is 0.0249. The number of imide groups is 1. The molecule has 2 aliphatic rings. The Bertz CT molecular complexity index is 990. The standard InChI is InChI=1S/C21H21N3O5S/c1-29-20(28)17-16(12-6-2-3-7-12)23-21(30-17)22-15(25)10-11-24-18(26)13-8-4-5-9-14(13)19(24)27/h4-5,8-9,12H,2-3,6-7,10-11H2,1H3,(H,22,23,25). The summed E-state index contributed by atoms with van der Waals surface area (Å²) in [7, 11) is 1.32. The molecule has 1 aliphatic heterocycles. The second kappa shape index (κ2) is 8.35. The number of hydrogen-bond donors (Lipinski definition) is 1. The Morgan fingerprint density at radius 1 is 1.17 bits per heavy atom.